The second-order valence-corrected chi connectivity index (χ2v) is 12.5. The summed E-state index contributed by atoms with van der Waals surface area (Å²) in [7, 11) is 2.55. The van der Waals surface area contributed by atoms with Gasteiger partial charge < -0.3 is 54.0 Å². The maximum atomic E-state index is 13.6. The van der Waals surface area contributed by atoms with Gasteiger partial charge in [-0.25, -0.2) is 0 Å². The molecule has 5 rings (SSSR count). The molecule has 3 aliphatic rings. The Balaban J connectivity index is 1.45. The molecule has 2 aromatic carbocycles. The van der Waals surface area contributed by atoms with E-state index in [0.29, 0.717) is 10.9 Å². The molecule has 2 heterocycles. The Labute approximate surface area is 271 Å². The molecule has 0 amide bonds. The lowest BCUT2D eigenvalue weighted by molar-refractivity contribution is -0.298. The first-order valence-corrected chi connectivity index (χ1v) is 15.5. The van der Waals surface area contributed by atoms with Crippen LogP contribution in [-0.2, 0) is 39.7 Å². The Morgan fingerprint density at radius 1 is 0.957 bits per heavy atom. The maximum absolute atomic E-state index is 13.6. The summed E-state index contributed by atoms with van der Waals surface area (Å²) in [6, 6.07) is 3.17. The molecule has 2 aliphatic heterocycles. The second kappa shape index (κ2) is 13.7. The number of phenols is 2. The molecule has 2 aromatic rings. The van der Waals surface area contributed by atoms with Crippen LogP contribution in [0.1, 0.15) is 55.1 Å². The van der Waals surface area contributed by atoms with Crippen LogP contribution in [0.3, 0.4) is 0 Å². The second-order valence-electron chi connectivity index (χ2n) is 12.5. The third-order valence-electron chi connectivity index (χ3n) is 9.43. The van der Waals surface area contributed by atoms with Crippen molar-refractivity contribution < 1.29 is 68.3 Å². The van der Waals surface area contributed by atoms with Gasteiger partial charge in [-0.3, -0.25) is 14.4 Å². The fourth-order valence-electron chi connectivity index (χ4n) is 6.81. The van der Waals surface area contributed by atoms with Crippen molar-refractivity contribution in [1.29, 1.82) is 0 Å². The average molecular weight is 663 g/mol. The normalized spacial score (nSPS) is 33.3. The zero-order valence-electron chi connectivity index (χ0n) is 27.0. The van der Waals surface area contributed by atoms with E-state index >= 15 is 0 Å². The topological polar surface area (TPSA) is 208 Å². The zero-order valence-corrected chi connectivity index (χ0v) is 27.0. The average Bonchev–Trinajstić information content (AvgIpc) is 3.01. The molecule has 1 aliphatic carbocycles. The Kier molecular flexibility index (Phi) is 10.3. The van der Waals surface area contributed by atoms with Gasteiger partial charge in [0, 0.05) is 45.5 Å². The summed E-state index contributed by atoms with van der Waals surface area (Å²) in [6.07, 6.45) is -9.62. The standard InChI is InChI=1S/C33H42O14/c1-12-20(46-23-11-21(29(39)15(4)45-23)47-22-10-19(35)28(38)14(3)44-22)9-17-7-16-8-18(32(42-5)27(37)13(2)34)33(43-6)31(41)25(16)30(40)24(17)26(12)36/h7,9,14-15,18-19,21-23,28-29,32-33,35-36,38-40H,8,10-11H2,1-6H3/t14?,15?,18-,19?,21?,22-,23-,28+,29+,32-,33-/m0/s1. The number of carbonyl (C=O) groups excluding carboxylic acids is 3. The van der Waals surface area contributed by atoms with Crippen LogP contribution >= 0.6 is 0 Å². The number of ether oxygens (including phenoxy) is 6. The van der Waals surface area contributed by atoms with Crippen molar-refractivity contribution in [2.75, 3.05) is 14.2 Å². The molecule has 2 saturated heterocycles. The van der Waals surface area contributed by atoms with Gasteiger partial charge in [-0.2, -0.15) is 0 Å². The summed E-state index contributed by atoms with van der Waals surface area (Å²) in [4.78, 5) is 38.2. The summed E-state index contributed by atoms with van der Waals surface area (Å²) in [5, 5.41) is 53.9. The van der Waals surface area contributed by atoms with Gasteiger partial charge in [-0.15, -0.1) is 0 Å². The van der Waals surface area contributed by atoms with Crippen molar-refractivity contribution >= 4 is 28.1 Å². The number of hydrogen-bond acceptors (Lipinski definition) is 14. The van der Waals surface area contributed by atoms with Gasteiger partial charge >= 0.3 is 0 Å². The van der Waals surface area contributed by atoms with Crippen molar-refractivity contribution in [1.82, 2.24) is 0 Å². The van der Waals surface area contributed by atoms with Crippen LogP contribution in [0.5, 0.6) is 17.2 Å². The van der Waals surface area contributed by atoms with Crippen molar-refractivity contribution in [3.05, 3.63) is 28.8 Å². The van der Waals surface area contributed by atoms with Crippen LogP contribution in [0.25, 0.3) is 10.8 Å². The van der Waals surface area contributed by atoms with Crippen molar-refractivity contribution in [3.63, 3.8) is 0 Å². The van der Waals surface area contributed by atoms with Crippen LogP contribution in [0, 0.1) is 12.8 Å². The van der Waals surface area contributed by atoms with E-state index in [-0.39, 0.29) is 47.3 Å². The molecule has 0 bridgehead atoms. The van der Waals surface area contributed by atoms with Crippen molar-refractivity contribution in [2.24, 2.45) is 5.92 Å². The number of aliphatic hydroxyl groups is 3. The van der Waals surface area contributed by atoms with E-state index in [4.69, 9.17) is 28.4 Å². The summed E-state index contributed by atoms with van der Waals surface area (Å²) < 4.78 is 34.5. The van der Waals surface area contributed by atoms with E-state index in [1.54, 1.807) is 32.9 Å². The van der Waals surface area contributed by atoms with Crippen molar-refractivity contribution in [2.45, 2.75) is 108 Å². The highest BCUT2D eigenvalue weighted by Gasteiger charge is 2.46. The van der Waals surface area contributed by atoms with E-state index in [0.717, 1.165) is 6.92 Å². The van der Waals surface area contributed by atoms with E-state index in [1.807, 2.05) is 0 Å². The predicted octanol–water partition coefficient (Wildman–Crippen LogP) is 1.22. The van der Waals surface area contributed by atoms with Gasteiger partial charge in [0.05, 0.1) is 35.4 Å². The minimum atomic E-state index is -1.26. The van der Waals surface area contributed by atoms with Gasteiger partial charge in [0.25, 0.3) is 0 Å². The lowest BCUT2D eigenvalue weighted by Crippen LogP contribution is -2.53. The predicted molar refractivity (Wildman–Crippen MR) is 162 cm³/mol. The van der Waals surface area contributed by atoms with Crippen LogP contribution in [0.4, 0.5) is 0 Å². The molecule has 14 nitrogen and oxygen atoms in total. The fraction of sp³-hybridized carbons (Fsp3) is 0.606. The van der Waals surface area contributed by atoms with Crippen LogP contribution in [0.15, 0.2) is 12.1 Å². The van der Waals surface area contributed by atoms with Gasteiger partial charge in [0.15, 0.2) is 17.9 Å². The molecule has 11 atom stereocenters. The maximum Gasteiger partial charge on any atom is 0.227 e. The number of phenolic OH excluding ortho intramolecular Hbond substituents is 2. The smallest absolute Gasteiger partial charge is 0.227 e. The quantitative estimate of drug-likeness (QED) is 0.239. The number of aliphatic hydroxyl groups excluding tert-OH is 3. The van der Waals surface area contributed by atoms with Crippen LogP contribution < -0.4 is 4.74 Å². The van der Waals surface area contributed by atoms with Gasteiger partial charge in [0.1, 0.15) is 41.7 Å². The first kappa shape index (κ1) is 35.1. The number of ketones is 3. The molecule has 47 heavy (non-hydrogen) atoms. The minimum Gasteiger partial charge on any atom is -0.507 e. The number of hydrogen-bond donors (Lipinski definition) is 5. The summed E-state index contributed by atoms with van der Waals surface area (Å²) >= 11 is 0. The molecule has 258 valence electrons. The molecular weight excluding hydrogens is 620 g/mol. The molecule has 0 radical (unpaired) electrons. The fourth-order valence-corrected chi connectivity index (χ4v) is 6.81. The zero-order chi connectivity index (χ0) is 34.5. The van der Waals surface area contributed by atoms with E-state index in [1.165, 1.54) is 14.2 Å². The Morgan fingerprint density at radius 3 is 2.23 bits per heavy atom. The molecule has 4 unspecified atom stereocenters. The van der Waals surface area contributed by atoms with Crippen LogP contribution in [-0.4, -0.2) is 119 Å². The lowest BCUT2D eigenvalue weighted by atomic mass is 9.75. The molecular formula is C33H42O14. The summed E-state index contributed by atoms with van der Waals surface area (Å²) in [5.41, 5.74) is 0.536. The number of rotatable bonds is 9. The number of Topliss-reactive ketones (excluding diaryl/α,β-unsaturated/α-hetero) is 3. The number of methoxy groups -OCH3 is 2. The third kappa shape index (κ3) is 6.48. The largest absolute Gasteiger partial charge is 0.507 e. The highest BCUT2D eigenvalue weighted by Crippen LogP contribution is 2.46. The highest BCUT2D eigenvalue weighted by molar-refractivity contribution is 6.38. The minimum absolute atomic E-state index is 0.00346. The Hall–Kier alpha value is -3.21. The summed E-state index contributed by atoms with van der Waals surface area (Å²) in [6.45, 7) is 5.93. The summed E-state index contributed by atoms with van der Waals surface area (Å²) in [5.74, 6) is -3.64. The monoisotopic (exact) mass is 662 g/mol. The van der Waals surface area contributed by atoms with Crippen LogP contribution in [0.2, 0.25) is 0 Å². The van der Waals surface area contributed by atoms with Gasteiger partial charge in [-0.05, 0) is 50.3 Å². The van der Waals surface area contributed by atoms with Gasteiger partial charge in [0.2, 0.25) is 12.1 Å². The molecule has 0 aromatic heterocycles. The first-order chi connectivity index (χ1) is 22.2. The molecule has 2 fully saturated rings. The number of aromatic hydroxyl groups is 2. The van der Waals surface area contributed by atoms with E-state index < -0.39 is 90.4 Å². The third-order valence-corrected chi connectivity index (χ3v) is 9.43. The highest BCUT2D eigenvalue weighted by atomic mass is 16.7. The molecule has 14 heteroatoms. The molecule has 0 spiro atoms. The van der Waals surface area contributed by atoms with Gasteiger partial charge in [-0.1, -0.05) is 0 Å². The molecule has 5 N–H and O–H groups in total. The van der Waals surface area contributed by atoms with E-state index in [9.17, 15) is 39.9 Å². The molecule has 0 saturated carbocycles. The van der Waals surface area contributed by atoms with Crippen molar-refractivity contribution in [3.8, 4) is 17.2 Å². The van der Waals surface area contributed by atoms with E-state index in [2.05, 4.69) is 0 Å². The Morgan fingerprint density at radius 2 is 1.62 bits per heavy atom. The number of carbonyl (C=O) groups is 3. The number of fused-ring (bicyclic) bond motifs is 2. The number of benzene rings is 2. The first-order valence-electron chi connectivity index (χ1n) is 15.5. The lowest BCUT2D eigenvalue weighted by Gasteiger charge is -2.41. The SMILES string of the molecule is CO[C@H](C(=O)C(C)=O)[C@@H]1Cc2cc3cc(O[C@H]4CC(O[C@H]5CC(O)[C@H](O)C(C)O5)[C@H](O)C(C)O4)c(C)c(O)c3c(O)c2C(=O)[C@H]1OC. The Bertz CT molecular complexity index is 1530.